The number of halogens is 1. The smallest absolute Gasteiger partial charge is 0.123 e. The second-order valence-corrected chi connectivity index (χ2v) is 6.27. The number of aryl methyl sites for hydroxylation is 1. The van der Waals surface area contributed by atoms with Crippen molar-refractivity contribution in [2.75, 3.05) is 19.6 Å². The third kappa shape index (κ3) is 2.92. The van der Waals surface area contributed by atoms with Crippen LogP contribution in [0.3, 0.4) is 0 Å². The summed E-state index contributed by atoms with van der Waals surface area (Å²) in [5.74, 6) is -0.152. The molecule has 0 radical (unpaired) electrons. The topological polar surface area (TPSA) is 15.3 Å². The Kier molecular flexibility index (Phi) is 4.15. The van der Waals surface area contributed by atoms with Gasteiger partial charge in [0, 0.05) is 37.1 Å². The van der Waals surface area contributed by atoms with Crippen LogP contribution in [0.5, 0.6) is 0 Å². The Morgan fingerprint density at radius 2 is 2.30 bits per heavy atom. The Bertz CT molecular complexity index is 581. The van der Waals surface area contributed by atoms with E-state index in [1.807, 2.05) is 17.4 Å². The van der Waals surface area contributed by atoms with E-state index in [1.165, 1.54) is 16.5 Å². The molecule has 1 aromatic heterocycles. The van der Waals surface area contributed by atoms with Crippen molar-refractivity contribution in [3.63, 3.8) is 0 Å². The van der Waals surface area contributed by atoms with Gasteiger partial charge >= 0.3 is 0 Å². The zero-order valence-electron chi connectivity index (χ0n) is 11.6. The monoisotopic (exact) mass is 290 g/mol. The average Bonchev–Trinajstić information content (AvgIpc) is 2.85. The van der Waals surface area contributed by atoms with Crippen LogP contribution < -0.4 is 5.32 Å². The normalized spacial score (nSPS) is 20.2. The number of piperazine rings is 1. The number of nitrogens with one attached hydrogen (secondary N) is 1. The van der Waals surface area contributed by atoms with E-state index in [-0.39, 0.29) is 11.9 Å². The SMILES string of the molecule is Cc1ccsc1CN1CCNCC1c1cccc(F)c1. The molecule has 4 heteroatoms. The number of thiophene rings is 1. The van der Waals surface area contributed by atoms with Gasteiger partial charge in [0.25, 0.3) is 0 Å². The molecule has 0 bridgehead atoms. The lowest BCUT2D eigenvalue weighted by Gasteiger charge is -2.36. The van der Waals surface area contributed by atoms with Gasteiger partial charge in [-0.05, 0) is 41.6 Å². The highest BCUT2D eigenvalue weighted by molar-refractivity contribution is 7.10. The van der Waals surface area contributed by atoms with Crippen LogP contribution in [0.15, 0.2) is 35.7 Å². The molecule has 0 spiro atoms. The molecule has 1 atom stereocenters. The number of hydrogen-bond acceptors (Lipinski definition) is 3. The van der Waals surface area contributed by atoms with Gasteiger partial charge in [0.1, 0.15) is 5.82 Å². The lowest BCUT2D eigenvalue weighted by atomic mass is 10.0. The van der Waals surface area contributed by atoms with E-state index in [1.54, 1.807) is 12.1 Å². The second kappa shape index (κ2) is 6.04. The van der Waals surface area contributed by atoms with E-state index in [4.69, 9.17) is 0 Å². The zero-order valence-corrected chi connectivity index (χ0v) is 12.4. The molecule has 20 heavy (non-hydrogen) atoms. The standard InChI is InChI=1S/C16H19FN2S/c1-12-5-8-20-16(12)11-19-7-6-18-10-15(19)13-3-2-4-14(17)9-13/h2-5,8-9,15,18H,6-7,10-11H2,1H3. The van der Waals surface area contributed by atoms with Crippen LogP contribution in [-0.2, 0) is 6.54 Å². The molecule has 2 aromatic rings. The molecule has 0 aliphatic carbocycles. The molecule has 1 aromatic carbocycles. The molecule has 1 fully saturated rings. The molecule has 3 rings (SSSR count). The minimum Gasteiger partial charge on any atom is -0.314 e. The maximum Gasteiger partial charge on any atom is 0.123 e. The predicted octanol–water partition coefficient (Wildman–Crippen LogP) is 3.34. The van der Waals surface area contributed by atoms with Crippen molar-refractivity contribution in [1.29, 1.82) is 0 Å². The van der Waals surface area contributed by atoms with Crippen molar-refractivity contribution >= 4 is 11.3 Å². The van der Waals surface area contributed by atoms with E-state index in [9.17, 15) is 4.39 Å². The maximum atomic E-state index is 13.5. The summed E-state index contributed by atoms with van der Waals surface area (Å²) in [5.41, 5.74) is 2.41. The van der Waals surface area contributed by atoms with Crippen LogP contribution in [0.4, 0.5) is 4.39 Å². The van der Waals surface area contributed by atoms with Crippen molar-refractivity contribution in [3.8, 4) is 0 Å². The van der Waals surface area contributed by atoms with Crippen LogP contribution in [0.25, 0.3) is 0 Å². The maximum absolute atomic E-state index is 13.5. The third-order valence-corrected chi connectivity index (χ3v) is 4.91. The molecular weight excluding hydrogens is 271 g/mol. The van der Waals surface area contributed by atoms with Crippen molar-refractivity contribution in [1.82, 2.24) is 10.2 Å². The molecule has 1 saturated heterocycles. The van der Waals surface area contributed by atoms with Crippen molar-refractivity contribution in [3.05, 3.63) is 57.5 Å². The summed E-state index contributed by atoms with van der Waals surface area (Å²) in [6.07, 6.45) is 0. The first-order valence-electron chi connectivity index (χ1n) is 6.97. The van der Waals surface area contributed by atoms with Crippen molar-refractivity contribution < 1.29 is 4.39 Å². The number of hydrogen-bond donors (Lipinski definition) is 1. The molecular formula is C16H19FN2S. The fourth-order valence-electron chi connectivity index (χ4n) is 2.73. The minimum atomic E-state index is -0.152. The second-order valence-electron chi connectivity index (χ2n) is 5.27. The Morgan fingerprint density at radius 3 is 3.05 bits per heavy atom. The molecule has 1 unspecified atom stereocenters. The highest BCUT2D eigenvalue weighted by Gasteiger charge is 2.24. The fourth-order valence-corrected chi connectivity index (χ4v) is 3.66. The van der Waals surface area contributed by atoms with Gasteiger partial charge in [-0.3, -0.25) is 4.90 Å². The van der Waals surface area contributed by atoms with Crippen molar-refractivity contribution in [2.45, 2.75) is 19.5 Å². The number of benzene rings is 1. The molecule has 1 aliphatic heterocycles. The van der Waals surface area contributed by atoms with Gasteiger partial charge in [0.05, 0.1) is 0 Å². The van der Waals surface area contributed by atoms with Crippen LogP contribution in [-0.4, -0.2) is 24.5 Å². The first-order chi connectivity index (χ1) is 9.74. The predicted molar refractivity (Wildman–Crippen MR) is 81.5 cm³/mol. The van der Waals surface area contributed by atoms with Gasteiger partial charge in [-0.1, -0.05) is 12.1 Å². The van der Waals surface area contributed by atoms with Crippen LogP contribution in [0.2, 0.25) is 0 Å². The van der Waals surface area contributed by atoms with Crippen LogP contribution in [0.1, 0.15) is 22.0 Å². The Morgan fingerprint density at radius 1 is 1.40 bits per heavy atom. The summed E-state index contributed by atoms with van der Waals surface area (Å²) in [7, 11) is 0. The van der Waals surface area contributed by atoms with Gasteiger partial charge in [0.15, 0.2) is 0 Å². The highest BCUT2D eigenvalue weighted by Crippen LogP contribution is 2.27. The molecule has 106 valence electrons. The molecule has 0 saturated carbocycles. The Balaban J connectivity index is 1.82. The summed E-state index contributed by atoms with van der Waals surface area (Å²) in [4.78, 5) is 3.86. The molecule has 0 amide bonds. The van der Waals surface area contributed by atoms with Gasteiger partial charge in [0.2, 0.25) is 0 Å². The Labute approximate surface area is 123 Å². The first kappa shape index (κ1) is 13.7. The van der Waals surface area contributed by atoms with Gasteiger partial charge in [-0.15, -0.1) is 11.3 Å². The molecule has 1 N–H and O–H groups in total. The minimum absolute atomic E-state index is 0.152. The quantitative estimate of drug-likeness (QED) is 0.932. The average molecular weight is 290 g/mol. The van der Waals surface area contributed by atoms with Gasteiger partial charge in [-0.25, -0.2) is 4.39 Å². The number of rotatable bonds is 3. The molecule has 2 heterocycles. The highest BCUT2D eigenvalue weighted by atomic mass is 32.1. The van der Waals surface area contributed by atoms with E-state index >= 15 is 0 Å². The fraction of sp³-hybridized carbons (Fsp3) is 0.375. The first-order valence-corrected chi connectivity index (χ1v) is 7.85. The van der Waals surface area contributed by atoms with Crippen LogP contribution in [0, 0.1) is 12.7 Å². The lowest BCUT2D eigenvalue weighted by Crippen LogP contribution is -2.45. The summed E-state index contributed by atoms with van der Waals surface area (Å²) < 4.78 is 13.5. The van der Waals surface area contributed by atoms with E-state index in [2.05, 4.69) is 28.6 Å². The Hall–Kier alpha value is -1.23. The summed E-state index contributed by atoms with van der Waals surface area (Å²) >= 11 is 1.81. The summed E-state index contributed by atoms with van der Waals surface area (Å²) in [6, 6.07) is 9.41. The number of nitrogens with zero attached hydrogens (tertiary/aromatic N) is 1. The molecule has 1 aliphatic rings. The van der Waals surface area contributed by atoms with Crippen molar-refractivity contribution in [2.24, 2.45) is 0 Å². The van der Waals surface area contributed by atoms with Gasteiger partial charge in [-0.2, -0.15) is 0 Å². The third-order valence-electron chi connectivity index (χ3n) is 3.90. The van der Waals surface area contributed by atoms with E-state index in [0.717, 1.165) is 31.7 Å². The molecule has 2 nitrogen and oxygen atoms in total. The lowest BCUT2D eigenvalue weighted by molar-refractivity contribution is 0.154. The zero-order chi connectivity index (χ0) is 13.9. The van der Waals surface area contributed by atoms with E-state index in [0.29, 0.717) is 0 Å². The van der Waals surface area contributed by atoms with Gasteiger partial charge < -0.3 is 5.32 Å². The van der Waals surface area contributed by atoms with E-state index < -0.39 is 0 Å². The van der Waals surface area contributed by atoms with Crippen LogP contribution >= 0.6 is 11.3 Å². The summed E-state index contributed by atoms with van der Waals surface area (Å²) in [5, 5.41) is 5.56. The summed E-state index contributed by atoms with van der Waals surface area (Å²) in [6.45, 7) is 5.99. The largest absolute Gasteiger partial charge is 0.314 e.